The fraction of sp³-hybridized carbons (Fsp3) is 0.455. The first kappa shape index (κ1) is 17.9. The van der Waals surface area contributed by atoms with Crippen molar-refractivity contribution in [2.75, 3.05) is 62.4 Å². The van der Waals surface area contributed by atoms with E-state index in [1.807, 2.05) is 0 Å². The zero-order chi connectivity index (χ0) is 18.8. The molecule has 0 bridgehead atoms. The van der Waals surface area contributed by atoms with Gasteiger partial charge in [-0.3, -0.25) is 0 Å². The molecule has 0 unspecified atom stereocenters. The summed E-state index contributed by atoms with van der Waals surface area (Å²) in [6.07, 6.45) is -0.400. The van der Waals surface area contributed by atoms with Gasteiger partial charge in [0.25, 0.3) is 0 Å². The van der Waals surface area contributed by atoms with Crippen LogP contribution in [0.15, 0.2) is 48.5 Å². The van der Waals surface area contributed by atoms with Crippen molar-refractivity contribution in [2.24, 2.45) is 0 Å². The molecule has 0 aromatic heterocycles. The van der Waals surface area contributed by atoms with E-state index in [1.165, 1.54) is 11.4 Å². The second-order valence-electron chi connectivity index (χ2n) is 7.30. The second kappa shape index (κ2) is 8.09. The van der Waals surface area contributed by atoms with Crippen LogP contribution in [-0.4, -0.2) is 52.6 Å². The van der Waals surface area contributed by atoms with Gasteiger partial charge in [0, 0.05) is 48.7 Å². The van der Waals surface area contributed by atoms with E-state index in [1.54, 1.807) is 0 Å². The van der Waals surface area contributed by atoms with E-state index in [-0.39, 0.29) is 12.6 Å². The maximum absolute atomic E-state index is 5.57. The number of hydrogen-bond acceptors (Lipinski definition) is 6. The lowest BCUT2D eigenvalue weighted by atomic mass is 10.1. The molecule has 28 heavy (non-hydrogen) atoms. The number of rotatable bonds is 4. The van der Waals surface area contributed by atoms with Crippen molar-refractivity contribution >= 4 is 11.4 Å². The van der Waals surface area contributed by atoms with Gasteiger partial charge in [-0.05, 0) is 24.3 Å². The first-order chi connectivity index (χ1) is 13.9. The minimum Gasteiger partial charge on any atom is -0.368 e. The molecular formula is C22H26N2O4. The molecule has 0 N–H and O–H groups in total. The monoisotopic (exact) mass is 382 g/mol. The molecule has 5 rings (SSSR count). The molecule has 6 heteroatoms. The van der Waals surface area contributed by atoms with E-state index in [0.717, 1.165) is 37.3 Å². The van der Waals surface area contributed by atoms with Gasteiger partial charge in [0.1, 0.15) is 0 Å². The van der Waals surface area contributed by atoms with Gasteiger partial charge in [-0.1, -0.05) is 24.3 Å². The van der Waals surface area contributed by atoms with Crippen LogP contribution in [0, 0.1) is 0 Å². The number of anilines is 2. The van der Waals surface area contributed by atoms with Gasteiger partial charge >= 0.3 is 0 Å². The Morgan fingerprint density at radius 2 is 0.821 bits per heavy atom. The summed E-state index contributed by atoms with van der Waals surface area (Å²) >= 11 is 0. The molecule has 0 radical (unpaired) electrons. The summed E-state index contributed by atoms with van der Waals surface area (Å²) in [6.45, 7) is 6.73. The van der Waals surface area contributed by atoms with Crippen LogP contribution in [-0.2, 0) is 18.9 Å². The molecule has 0 amide bonds. The molecular weight excluding hydrogens is 356 g/mol. The molecule has 148 valence electrons. The quantitative estimate of drug-likeness (QED) is 0.810. The molecule has 2 aromatic carbocycles. The molecule has 0 aliphatic carbocycles. The lowest BCUT2D eigenvalue weighted by Gasteiger charge is -2.37. The van der Waals surface area contributed by atoms with Crippen molar-refractivity contribution in [1.29, 1.82) is 0 Å². The zero-order valence-corrected chi connectivity index (χ0v) is 16.0. The Kier molecular flexibility index (Phi) is 5.18. The van der Waals surface area contributed by atoms with Gasteiger partial charge in [-0.2, -0.15) is 0 Å². The molecule has 0 saturated carbocycles. The molecule has 3 fully saturated rings. The zero-order valence-electron chi connectivity index (χ0n) is 16.0. The standard InChI is InChI=1S/C22H26N2O4/c1-5-19(6-2-17(1)21-25-13-14-26-21)23-9-11-24(12-10-23)20-7-3-18(4-8-20)22-27-15-16-28-22/h1-8,21-22H,9-16H2. The Balaban J connectivity index is 1.18. The van der Waals surface area contributed by atoms with Crippen LogP contribution >= 0.6 is 0 Å². The predicted molar refractivity (Wildman–Crippen MR) is 107 cm³/mol. The minimum atomic E-state index is -0.200. The second-order valence-corrected chi connectivity index (χ2v) is 7.30. The number of nitrogens with zero attached hydrogens (tertiary/aromatic N) is 2. The van der Waals surface area contributed by atoms with Gasteiger partial charge in [0.05, 0.1) is 26.4 Å². The van der Waals surface area contributed by atoms with Crippen LogP contribution in [0.25, 0.3) is 0 Å². The molecule has 2 aromatic rings. The summed E-state index contributed by atoms with van der Waals surface area (Å²) < 4.78 is 22.3. The first-order valence-electron chi connectivity index (χ1n) is 10.0. The van der Waals surface area contributed by atoms with Gasteiger partial charge in [0.2, 0.25) is 0 Å². The van der Waals surface area contributed by atoms with E-state index in [2.05, 4.69) is 58.3 Å². The normalized spacial score (nSPS) is 21.6. The maximum atomic E-state index is 5.57. The summed E-state index contributed by atoms with van der Waals surface area (Å²) in [4.78, 5) is 4.87. The predicted octanol–water partition coefficient (Wildman–Crippen LogP) is 3.10. The van der Waals surface area contributed by atoms with Crippen molar-refractivity contribution < 1.29 is 18.9 Å². The Hall–Kier alpha value is -2.12. The largest absolute Gasteiger partial charge is 0.368 e. The summed E-state index contributed by atoms with van der Waals surface area (Å²) in [5.41, 5.74) is 4.70. The highest BCUT2D eigenvalue weighted by atomic mass is 16.7. The van der Waals surface area contributed by atoms with Crippen molar-refractivity contribution in [3.8, 4) is 0 Å². The summed E-state index contributed by atoms with van der Waals surface area (Å²) in [5.74, 6) is 0. The van der Waals surface area contributed by atoms with E-state index >= 15 is 0 Å². The van der Waals surface area contributed by atoms with Crippen LogP contribution in [0.2, 0.25) is 0 Å². The van der Waals surface area contributed by atoms with Gasteiger partial charge in [-0.15, -0.1) is 0 Å². The lowest BCUT2D eigenvalue weighted by Crippen LogP contribution is -2.46. The highest BCUT2D eigenvalue weighted by molar-refractivity contribution is 5.53. The summed E-state index contributed by atoms with van der Waals surface area (Å²) in [5, 5.41) is 0. The van der Waals surface area contributed by atoms with Crippen LogP contribution in [0.4, 0.5) is 11.4 Å². The van der Waals surface area contributed by atoms with E-state index in [0.29, 0.717) is 26.4 Å². The third-order valence-electron chi connectivity index (χ3n) is 5.58. The number of piperazine rings is 1. The SMILES string of the molecule is c1cc(N2CCN(c3ccc(C4OCCO4)cc3)CC2)ccc1C1OCCO1. The number of ether oxygens (including phenoxy) is 4. The minimum absolute atomic E-state index is 0.200. The third-order valence-corrected chi connectivity index (χ3v) is 5.58. The van der Waals surface area contributed by atoms with Crippen molar-refractivity contribution in [1.82, 2.24) is 0 Å². The Bertz CT molecular complexity index is 693. The molecule has 0 atom stereocenters. The highest BCUT2D eigenvalue weighted by Crippen LogP contribution is 2.28. The number of hydrogen-bond donors (Lipinski definition) is 0. The van der Waals surface area contributed by atoms with Gasteiger partial charge < -0.3 is 28.7 Å². The Labute approximate surface area is 165 Å². The summed E-state index contributed by atoms with van der Waals surface area (Å²) in [6, 6.07) is 17.2. The third kappa shape index (κ3) is 3.73. The van der Waals surface area contributed by atoms with Crippen LogP contribution in [0.1, 0.15) is 23.7 Å². The lowest BCUT2D eigenvalue weighted by molar-refractivity contribution is -0.0443. The molecule has 3 heterocycles. The molecule has 3 saturated heterocycles. The van der Waals surface area contributed by atoms with Crippen molar-refractivity contribution in [3.63, 3.8) is 0 Å². The van der Waals surface area contributed by atoms with Gasteiger partial charge in [0.15, 0.2) is 12.6 Å². The topological polar surface area (TPSA) is 43.4 Å². The Morgan fingerprint density at radius 3 is 1.14 bits per heavy atom. The average molecular weight is 382 g/mol. The van der Waals surface area contributed by atoms with Gasteiger partial charge in [-0.25, -0.2) is 0 Å². The highest BCUT2D eigenvalue weighted by Gasteiger charge is 2.22. The molecule has 3 aliphatic heterocycles. The van der Waals surface area contributed by atoms with E-state index in [4.69, 9.17) is 18.9 Å². The van der Waals surface area contributed by atoms with Crippen LogP contribution < -0.4 is 9.80 Å². The Morgan fingerprint density at radius 1 is 0.500 bits per heavy atom. The molecule has 0 spiro atoms. The van der Waals surface area contributed by atoms with E-state index in [9.17, 15) is 0 Å². The first-order valence-corrected chi connectivity index (χ1v) is 10.0. The fourth-order valence-electron chi connectivity index (χ4n) is 4.01. The van der Waals surface area contributed by atoms with E-state index < -0.39 is 0 Å². The van der Waals surface area contributed by atoms with Crippen LogP contribution in [0.3, 0.4) is 0 Å². The fourth-order valence-corrected chi connectivity index (χ4v) is 4.01. The summed E-state index contributed by atoms with van der Waals surface area (Å²) in [7, 11) is 0. The van der Waals surface area contributed by atoms with Crippen molar-refractivity contribution in [2.45, 2.75) is 12.6 Å². The smallest absolute Gasteiger partial charge is 0.184 e. The maximum Gasteiger partial charge on any atom is 0.184 e. The average Bonchev–Trinajstić information content (AvgIpc) is 3.49. The van der Waals surface area contributed by atoms with Crippen molar-refractivity contribution in [3.05, 3.63) is 59.7 Å². The van der Waals surface area contributed by atoms with Crippen LogP contribution in [0.5, 0.6) is 0 Å². The number of benzene rings is 2. The molecule has 3 aliphatic rings. The molecule has 6 nitrogen and oxygen atoms in total.